The summed E-state index contributed by atoms with van der Waals surface area (Å²) in [5, 5.41) is 7.29. The molecule has 1 amide bonds. The third kappa shape index (κ3) is 3.64. The van der Waals surface area contributed by atoms with Gasteiger partial charge in [-0.1, -0.05) is 0 Å². The van der Waals surface area contributed by atoms with Crippen LogP contribution in [0.25, 0.3) is 0 Å². The van der Waals surface area contributed by atoms with Gasteiger partial charge in [-0.25, -0.2) is 14.6 Å². The Hall–Kier alpha value is -1.80. The lowest BCUT2D eigenvalue weighted by Gasteiger charge is -2.23. The van der Waals surface area contributed by atoms with Crippen molar-refractivity contribution in [2.45, 2.75) is 52.7 Å². The van der Waals surface area contributed by atoms with E-state index in [4.69, 9.17) is 0 Å². The number of nitrogens with zero attached hydrogens (tertiary/aromatic N) is 6. The average Bonchev–Trinajstić information content (AvgIpc) is 3.22. The molecule has 0 N–H and O–H groups in total. The highest BCUT2D eigenvalue weighted by molar-refractivity contribution is 7.14. The van der Waals surface area contributed by atoms with Crippen molar-refractivity contribution in [3.63, 3.8) is 0 Å². The molecule has 0 aliphatic carbocycles. The van der Waals surface area contributed by atoms with E-state index in [1.807, 2.05) is 18.5 Å². The van der Waals surface area contributed by atoms with E-state index in [1.54, 1.807) is 18.9 Å². The number of likely N-dealkylation sites (tertiary alicyclic amines) is 1. The van der Waals surface area contributed by atoms with E-state index in [0.717, 1.165) is 42.1 Å². The zero-order chi connectivity index (χ0) is 17.3. The predicted octanol–water partition coefficient (Wildman–Crippen LogP) is 2.00. The van der Waals surface area contributed by atoms with Gasteiger partial charge in [0.15, 0.2) is 5.13 Å². The summed E-state index contributed by atoms with van der Waals surface area (Å²) in [6, 6.07) is 0.459. The van der Waals surface area contributed by atoms with Crippen molar-refractivity contribution in [2.24, 2.45) is 0 Å². The van der Waals surface area contributed by atoms with Crippen LogP contribution in [0, 0.1) is 13.8 Å². The summed E-state index contributed by atoms with van der Waals surface area (Å²) >= 11 is 1.52. The van der Waals surface area contributed by atoms with Crippen LogP contribution in [0.5, 0.6) is 0 Å². The molecule has 1 unspecified atom stereocenters. The molecule has 3 heterocycles. The third-order valence-corrected chi connectivity index (χ3v) is 5.48. The van der Waals surface area contributed by atoms with Gasteiger partial charge in [-0.05, 0) is 33.2 Å². The molecule has 7 nitrogen and oxygen atoms in total. The van der Waals surface area contributed by atoms with Crippen molar-refractivity contribution in [1.82, 2.24) is 24.6 Å². The Morgan fingerprint density at radius 2 is 2.21 bits per heavy atom. The highest BCUT2D eigenvalue weighted by Crippen LogP contribution is 2.25. The number of amides is 1. The summed E-state index contributed by atoms with van der Waals surface area (Å²) in [6.07, 6.45) is 2.37. The Bertz CT molecular complexity index is 724. The summed E-state index contributed by atoms with van der Waals surface area (Å²) in [5.74, 6) is 1.80. The van der Waals surface area contributed by atoms with Gasteiger partial charge in [-0.2, -0.15) is 5.10 Å². The molecule has 1 saturated heterocycles. The van der Waals surface area contributed by atoms with Gasteiger partial charge in [-0.3, -0.25) is 14.6 Å². The second kappa shape index (κ2) is 6.98. The van der Waals surface area contributed by atoms with E-state index in [-0.39, 0.29) is 5.91 Å². The summed E-state index contributed by atoms with van der Waals surface area (Å²) in [5.41, 5.74) is 1.03. The lowest BCUT2D eigenvalue weighted by atomic mass is 10.2. The smallest absolute Gasteiger partial charge is 0.225 e. The van der Waals surface area contributed by atoms with Crippen LogP contribution in [-0.4, -0.2) is 50.2 Å². The highest BCUT2D eigenvalue weighted by Gasteiger charge is 2.26. The first-order chi connectivity index (χ1) is 11.4. The number of thiazole rings is 1. The fourth-order valence-corrected chi connectivity index (χ4v) is 3.93. The van der Waals surface area contributed by atoms with E-state index in [1.165, 1.54) is 24.2 Å². The molecule has 0 bridgehead atoms. The maximum absolute atomic E-state index is 11.5. The standard InChI is InChI=1S/C16H24N6OS/c1-11-17-12(2)22(19-11)9-15-6-5-7-21(15)8-14-10-24-16(18-14)20(4)13(3)23/h10,15H,5-9H2,1-4H3. The first-order valence-corrected chi connectivity index (χ1v) is 9.13. The maximum atomic E-state index is 11.5. The van der Waals surface area contributed by atoms with Crippen molar-refractivity contribution in [1.29, 1.82) is 0 Å². The average molecular weight is 348 g/mol. The molecule has 1 aliphatic heterocycles. The highest BCUT2D eigenvalue weighted by atomic mass is 32.1. The van der Waals surface area contributed by atoms with E-state index >= 15 is 0 Å². The first-order valence-electron chi connectivity index (χ1n) is 8.25. The zero-order valence-corrected chi connectivity index (χ0v) is 15.5. The molecule has 8 heteroatoms. The fourth-order valence-electron chi connectivity index (χ4n) is 3.11. The monoisotopic (exact) mass is 348 g/mol. The molecule has 1 aliphatic rings. The topological polar surface area (TPSA) is 67.2 Å². The van der Waals surface area contributed by atoms with Gasteiger partial charge < -0.3 is 0 Å². The van der Waals surface area contributed by atoms with Gasteiger partial charge in [0.2, 0.25) is 5.91 Å². The number of aromatic nitrogens is 4. The van der Waals surface area contributed by atoms with Crippen LogP contribution in [0.2, 0.25) is 0 Å². The van der Waals surface area contributed by atoms with Crippen LogP contribution in [0.1, 0.15) is 37.1 Å². The van der Waals surface area contributed by atoms with Crippen molar-refractivity contribution < 1.29 is 4.79 Å². The van der Waals surface area contributed by atoms with Gasteiger partial charge in [0.25, 0.3) is 0 Å². The van der Waals surface area contributed by atoms with Gasteiger partial charge in [0.05, 0.1) is 12.2 Å². The van der Waals surface area contributed by atoms with Crippen molar-refractivity contribution >= 4 is 22.4 Å². The van der Waals surface area contributed by atoms with Crippen LogP contribution in [-0.2, 0) is 17.9 Å². The normalized spacial score (nSPS) is 18.2. The van der Waals surface area contributed by atoms with E-state index in [2.05, 4.69) is 25.3 Å². The molecule has 0 radical (unpaired) electrons. The summed E-state index contributed by atoms with van der Waals surface area (Å²) < 4.78 is 2.01. The molecular weight excluding hydrogens is 324 g/mol. The quantitative estimate of drug-likeness (QED) is 0.827. The van der Waals surface area contributed by atoms with Crippen LogP contribution in [0.3, 0.4) is 0 Å². The minimum atomic E-state index is 0.00646. The van der Waals surface area contributed by atoms with Crippen LogP contribution < -0.4 is 4.90 Å². The minimum Gasteiger partial charge on any atom is -0.293 e. The largest absolute Gasteiger partial charge is 0.293 e. The molecule has 2 aromatic heterocycles. The zero-order valence-electron chi connectivity index (χ0n) is 14.7. The van der Waals surface area contributed by atoms with E-state index < -0.39 is 0 Å². The van der Waals surface area contributed by atoms with Crippen LogP contribution in [0.15, 0.2) is 5.38 Å². The van der Waals surface area contributed by atoms with Crippen molar-refractivity contribution in [2.75, 3.05) is 18.5 Å². The molecule has 1 atom stereocenters. The van der Waals surface area contributed by atoms with Gasteiger partial charge in [0, 0.05) is 31.9 Å². The Morgan fingerprint density at radius 1 is 1.42 bits per heavy atom. The van der Waals surface area contributed by atoms with Crippen molar-refractivity contribution in [3.05, 3.63) is 22.7 Å². The maximum Gasteiger partial charge on any atom is 0.225 e. The lowest BCUT2D eigenvalue weighted by molar-refractivity contribution is -0.116. The summed E-state index contributed by atoms with van der Waals surface area (Å²) in [4.78, 5) is 24.5. The second-order valence-corrected chi connectivity index (χ2v) is 7.19. The third-order valence-electron chi connectivity index (χ3n) is 4.51. The molecule has 2 aromatic rings. The second-order valence-electron chi connectivity index (χ2n) is 6.35. The van der Waals surface area contributed by atoms with Gasteiger partial charge >= 0.3 is 0 Å². The molecule has 130 valence electrons. The Balaban J connectivity index is 1.66. The minimum absolute atomic E-state index is 0.00646. The number of rotatable bonds is 5. The summed E-state index contributed by atoms with van der Waals surface area (Å²) in [7, 11) is 1.76. The van der Waals surface area contributed by atoms with E-state index in [0.29, 0.717) is 6.04 Å². The molecular formula is C16H24N6OS. The molecule has 1 fully saturated rings. The SMILES string of the molecule is CC(=O)N(C)c1nc(CN2CCCC2Cn2nc(C)nc2C)cs1. The van der Waals surface area contributed by atoms with Crippen molar-refractivity contribution in [3.8, 4) is 0 Å². The number of carbonyl (C=O) groups excluding carboxylic acids is 1. The van der Waals surface area contributed by atoms with Crippen LogP contribution >= 0.6 is 11.3 Å². The lowest BCUT2D eigenvalue weighted by Crippen LogP contribution is -2.33. The molecule has 0 spiro atoms. The molecule has 0 saturated carbocycles. The molecule has 3 rings (SSSR count). The fraction of sp³-hybridized carbons (Fsp3) is 0.625. The Labute approximate surface area is 146 Å². The number of aryl methyl sites for hydroxylation is 2. The first kappa shape index (κ1) is 17.0. The summed E-state index contributed by atoms with van der Waals surface area (Å²) in [6.45, 7) is 8.26. The number of hydrogen-bond donors (Lipinski definition) is 0. The molecule has 0 aromatic carbocycles. The number of hydrogen-bond acceptors (Lipinski definition) is 6. The predicted molar refractivity (Wildman–Crippen MR) is 94.1 cm³/mol. The Morgan fingerprint density at radius 3 is 2.88 bits per heavy atom. The Kier molecular flexibility index (Phi) is 4.96. The number of anilines is 1. The van der Waals surface area contributed by atoms with Gasteiger partial charge in [-0.15, -0.1) is 11.3 Å². The van der Waals surface area contributed by atoms with E-state index in [9.17, 15) is 4.79 Å². The number of carbonyl (C=O) groups is 1. The van der Waals surface area contributed by atoms with Crippen LogP contribution in [0.4, 0.5) is 5.13 Å². The molecule has 24 heavy (non-hydrogen) atoms. The van der Waals surface area contributed by atoms with Gasteiger partial charge in [0.1, 0.15) is 11.6 Å².